The van der Waals surface area contributed by atoms with Gasteiger partial charge in [0.1, 0.15) is 24.1 Å². The van der Waals surface area contributed by atoms with Gasteiger partial charge in [-0.05, 0) is 42.8 Å². The van der Waals surface area contributed by atoms with Crippen molar-refractivity contribution in [3.63, 3.8) is 0 Å². The fraction of sp³-hybridized carbons (Fsp3) is 0.222. The summed E-state index contributed by atoms with van der Waals surface area (Å²) in [5, 5.41) is 3.10. The van der Waals surface area contributed by atoms with Gasteiger partial charge in [0.15, 0.2) is 5.78 Å². The van der Waals surface area contributed by atoms with Crippen LogP contribution >= 0.6 is 11.6 Å². The number of nitrogens with one attached hydrogen (secondary N) is 1. The number of hydrogen-bond acceptors (Lipinski definition) is 4. The molecular weight excluding hydrogens is 330 g/mol. The number of hydrogen-bond donors (Lipinski definition) is 1. The Morgan fingerprint density at radius 2 is 2.08 bits per heavy atom. The first-order valence-corrected chi connectivity index (χ1v) is 7.79. The first kappa shape index (κ1) is 16.3. The molecule has 0 aliphatic carbocycles. The van der Waals surface area contributed by atoms with E-state index < -0.39 is 11.9 Å². The van der Waals surface area contributed by atoms with Gasteiger partial charge in [-0.25, -0.2) is 0 Å². The minimum atomic E-state index is -0.753. The summed E-state index contributed by atoms with van der Waals surface area (Å²) >= 11 is 5.94. The van der Waals surface area contributed by atoms with Crippen LogP contribution in [0.3, 0.4) is 0 Å². The second-order valence-electron chi connectivity index (χ2n) is 5.55. The van der Waals surface area contributed by atoms with E-state index >= 15 is 0 Å². The highest BCUT2D eigenvalue weighted by atomic mass is 35.5. The highest BCUT2D eigenvalue weighted by Gasteiger charge is 2.30. The van der Waals surface area contributed by atoms with Crippen molar-refractivity contribution >= 4 is 23.3 Å². The van der Waals surface area contributed by atoms with Gasteiger partial charge in [-0.3, -0.25) is 9.59 Å². The van der Waals surface area contributed by atoms with E-state index in [1.165, 1.54) is 13.2 Å². The van der Waals surface area contributed by atoms with E-state index in [9.17, 15) is 9.59 Å². The molecule has 0 fully saturated rings. The predicted molar refractivity (Wildman–Crippen MR) is 90.3 cm³/mol. The van der Waals surface area contributed by atoms with Crippen molar-refractivity contribution in [2.75, 3.05) is 13.7 Å². The topological polar surface area (TPSA) is 64.6 Å². The third-order valence-corrected chi connectivity index (χ3v) is 4.07. The molecule has 124 valence electrons. The third-order valence-electron chi connectivity index (χ3n) is 3.84. The Morgan fingerprint density at radius 1 is 1.29 bits per heavy atom. The average molecular weight is 346 g/mol. The van der Waals surface area contributed by atoms with Crippen molar-refractivity contribution in [2.45, 2.75) is 13.0 Å². The largest absolute Gasteiger partial charge is 0.496 e. The summed E-state index contributed by atoms with van der Waals surface area (Å²) in [4.78, 5) is 25.1. The van der Waals surface area contributed by atoms with Crippen LogP contribution in [0.1, 0.15) is 26.3 Å². The molecule has 0 saturated carbocycles. The molecule has 1 aliphatic heterocycles. The van der Waals surface area contributed by atoms with Crippen molar-refractivity contribution in [1.82, 2.24) is 5.32 Å². The van der Waals surface area contributed by atoms with E-state index in [-0.39, 0.29) is 18.0 Å². The van der Waals surface area contributed by atoms with Crippen molar-refractivity contribution in [2.24, 2.45) is 0 Å². The molecule has 1 amide bonds. The molecule has 0 aromatic heterocycles. The van der Waals surface area contributed by atoms with Gasteiger partial charge in [0, 0.05) is 5.02 Å². The van der Waals surface area contributed by atoms with Gasteiger partial charge in [0.25, 0.3) is 5.91 Å². The number of Topliss-reactive ketones (excluding diaryl/α,β-unsaturated/α-hetero) is 1. The van der Waals surface area contributed by atoms with Gasteiger partial charge in [-0.15, -0.1) is 0 Å². The Kier molecular flexibility index (Phi) is 4.44. The van der Waals surface area contributed by atoms with Crippen molar-refractivity contribution in [1.29, 1.82) is 0 Å². The highest BCUT2D eigenvalue weighted by molar-refractivity contribution is 6.31. The minimum Gasteiger partial charge on any atom is -0.496 e. The summed E-state index contributed by atoms with van der Waals surface area (Å²) in [6, 6.07) is 9.35. The van der Waals surface area contributed by atoms with Crippen molar-refractivity contribution < 1.29 is 19.1 Å². The zero-order valence-corrected chi connectivity index (χ0v) is 14.0. The van der Waals surface area contributed by atoms with Crippen LogP contribution in [0.5, 0.6) is 11.5 Å². The van der Waals surface area contributed by atoms with Crippen LogP contribution in [0.2, 0.25) is 5.02 Å². The van der Waals surface area contributed by atoms with E-state index in [2.05, 4.69) is 5.32 Å². The lowest BCUT2D eigenvalue weighted by Crippen LogP contribution is -2.47. The van der Waals surface area contributed by atoms with Crippen LogP contribution < -0.4 is 14.8 Å². The predicted octanol–water partition coefficient (Wildman–Crippen LogP) is 3.03. The van der Waals surface area contributed by atoms with Crippen LogP contribution in [-0.4, -0.2) is 31.4 Å². The zero-order valence-electron chi connectivity index (χ0n) is 13.3. The molecule has 1 aliphatic rings. The molecule has 2 aromatic carbocycles. The monoisotopic (exact) mass is 345 g/mol. The van der Waals surface area contributed by atoms with E-state index in [1.807, 2.05) is 19.1 Å². The summed E-state index contributed by atoms with van der Waals surface area (Å²) in [7, 11) is 1.47. The lowest BCUT2D eigenvalue weighted by Gasteiger charge is -2.25. The number of ether oxygens (including phenoxy) is 2. The van der Waals surface area contributed by atoms with Gasteiger partial charge in [-0.1, -0.05) is 17.7 Å². The molecule has 24 heavy (non-hydrogen) atoms. The van der Waals surface area contributed by atoms with Crippen LogP contribution in [0.4, 0.5) is 0 Å². The van der Waals surface area contributed by atoms with Crippen LogP contribution in [-0.2, 0) is 0 Å². The highest BCUT2D eigenvalue weighted by Crippen LogP contribution is 2.27. The molecule has 0 radical (unpaired) electrons. The summed E-state index contributed by atoms with van der Waals surface area (Å²) in [6.07, 6.45) is 0. The average Bonchev–Trinajstić information content (AvgIpc) is 2.57. The lowest BCUT2D eigenvalue weighted by molar-refractivity contribution is 0.0794. The second kappa shape index (κ2) is 6.53. The number of benzene rings is 2. The molecule has 1 N–H and O–H groups in total. The van der Waals surface area contributed by atoms with Gasteiger partial charge < -0.3 is 14.8 Å². The smallest absolute Gasteiger partial charge is 0.255 e. The molecule has 5 nitrogen and oxygen atoms in total. The number of aryl methyl sites for hydroxylation is 1. The molecule has 6 heteroatoms. The number of ketones is 1. The number of methoxy groups -OCH3 is 1. The summed E-state index contributed by atoms with van der Waals surface area (Å²) < 4.78 is 10.8. The lowest BCUT2D eigenvalue weighted by atomic mass is 9.99. The maximum atomic E-state index is 12.6. The molecule has 3 rings (SSSR count). The quantitative estimate of drug-likeness (QED) is 0.928. The molecule has 0 saturated heterocycles. The number of halogens is 1. The SMILES string of the molecule is COc1ccc(Cl)cc1C(=O)NC1COc2cc(C)ccc2C1=O. The van der Waals surface area contributed by atoms with Crippen molar-refractivity contribution in [3.05, 3.63) is 58.1 Å². The van der Waals surface area contributed by atoms with E-state index in [1.54, 1.807) is 18.2 Å². The normalized spacial score (nSPS) is 16.1. The van der Waals surface area contributed by atoms with Gasteiger partial charge >= 0.3 is 0 Å². The Balaban J connectivity index is 1.82. The first-order valence-electron chi connectivity index (χ1n) is 7.41. The van der Waals surface area contributed by atoms with E-state index in [0.29, 0.717) is 22.1 Å². The van der Waals surface area contributed by atoms with Gasteiger partial charge in [0.2, 0.25) is 0 Å². The Labute approximate surface area is 144 Å². The molecule has 0 bridgehead atoms. The number of rotatable bonds is 3. The first-order chi connectivity index (χ1) is 11.5. The fourth-order valence-electron chi connectivity index (χ4n) is 2.59. The zero-order chi connectivity index (χ0) is 17.3. The number of carbonyl (C=O) groups is 2. The summed E-state index contributed by atoms with van der Waals surface area (Å²) in [5.74, 6) is 0.320. The van der Waals surface area contributed by atoms with Gasteiger partial charge in [-0.2, -0.15) is 0 Å². The minimum absolute atomic E-state index is 0.0872. The van der Waals surface area contributed by atoms with Gasteiger partial charge in [0.05, 0.1) is 18.2 Å². The molecular formula is C18H16ClNO4. The van der Waals surface area contributed by atoms with Crippen LogP contribution in [0.25, 0.3) is 0 Å². The number of fused-ring (bicyclic) bond motifs is 1. The van der Waals surface area contributed by atoms with Crippen LogP contribution in [0, 0.1) is 6.92 Å². The maximum Gasteiger partial charge on any atom is 0.255 e. The number of amides is 1. The van der Waals surface area contributed by atoms with E-state index in [4.69, 9.17) is 21.1 Å². The Morgan fingerprint density at radius 3 is 2.83 bits per heavy atom. The fourth-order valence-corrected chi connectivity index (χ4v) is 2.76. The van der Waals surface area contributed by atoms with Crippen molar-refractivity contribution in [3.8, 4) is 11.5 Å². The molecule has 2 aromatic rings. The number of carbonyl (C=O) groups excluding carboxylic acids is 2. The molecule has 1 unspecified atom stereocenters. The maximum absolute atomic E-state index is 12.6. The third kappa shape index (κ3) is 3.08. The van der Waals surface area contributed by atoms with E-state index in [0.717, 1.165) is 5.56 Å². The summed E-state index contributed by atoms with van der Waals surface area (Å²) in [6.45, 7) is 2.01. The Bertz CT molecular complexity index is 819. The standard InChI is InChI=1S/C18H16ClNO4/c1-10-3-5-12-16(7-10)24-9-14(17(12)21)20-18(22)13-8-11(19)4-6-15(13)23-2/h3-8,14H,9H2,1-2H3,(H,20,22). The second-order valence-corrected chi connectivity index (χ2v) is 5.98. The van der Waals surface area contributed by atoms with Crippen LogP contribution in [0.15, 0.2) is 36.4 Å². The molecule has 1 atom stereocenters. The molecule has 1 heterocycles. The summed E-state index contributed by atoms with van der Waals surface area (Å²) in [5.41, 5.74) is 1.75. The Hall–Kier alpha value is -2.53. The molecule has 0 spiro atoms.